The Kier molecular flexibility index (Phi) is 3.66. The molecular formula is C13H23NO3. The van der Waals surface area contributed by atoms with Crippen LogP contribution in [0.25, 0.3) is 0 Å². The van der Waals surface area contributed by atoms with Crippen LogP contribution in [0.1, 0.15) is 32.1 Å². The molecule has 0 bridgehead atoms. The minimum Gasteiger partial charge on any atom is -0.378 e. The Labute approximate surface area is 103 Å². The Morgan fingerprint density at radius 2 is 2.00 bits per heavy atom. The molecule has 0 aromatic rings. The lowest BCUT2D eigenvalue weighted by Crippen LogP contribution is -2.49. The average molecular weight is 241 g/mol. The number of piperidine rings is 1. The highest BCUT2D eigenvalue weighted by molar-refractivity contribution is 4.84. The summed E-state index contributed by atoms with van der Waals surface area (Å²) < 4.78 is 17.2. The van der Waals surface area contributed by atoms with Crippen LogP contribution >= 0.6 is 0 Å². The third kappa shape index (κ3) is 2.81. The second kappa shape index (κ2) is 5.22. The molecule has 0 N–H and O–H groups in total. The number of hydrogen-bond acceptors (Lipinski definition) is 4. The van der Waals surface area contributed by atoms with Gasteiger partial charge < -0.3 is 14.2 Å². The molecule has 0 aliphatic carbocycles. The van der Waals surface area contributed by atoms with Gasteiger partial charge >= 0.3 is 0 Å². The minimum absolute atomic E-state index is 0.269. The largest absolute Gasteiger partial charge is 0.378 e. The van der Waals surface area contributed by atoms with E-state index < -0.39 is 0 Å². The van der Waals surface area contributed by atoms with Crippen LogP contribution in [0.3, 0.4) is 0 Å². The molecule has 3 aliphatic heterocycles. The predicted molar refractivity (Wildman–Crippen MR) is 63.9 cm³/mol. The SMILES string of the molecule is C1COC(CCN2CCCC3(C2)OCCO3)C1. The van der Waals surface area contributed by atoms with Gasteiger partial charge in [0.1, 0.15) is 0 Å². The molecule has 4 nitrogen and oxygen atoms in total. The Hall–Kier alpha value is -0.160. The fraction of sp³-hybridized carbons (Fsp3) is 1.00. The van der Waals surface area contributed by atoms with E-state index in [1.807, 2.05) is 0 Å². The molecule has 0 aromatic heterocycles. The van der Waals surface area contributed by atoms with Crippen LogP contribution in [0.5, 0.6) is 0 Å². The Morgan fingerprint density at radius 1 is 1.12 bits per heavy atom. The molecule has 1 atom stereocenters. The summed E-state index contributed by atoms with van der Waals surface area (Å²) in [4.78, 5) is 2.48. The van der Waals surface area contributed by atoms with Crippen LogP contribution in [0.2, 0.25) is 0 Å². The third-order valence-corrected chi connectivity index (χ3v) is 4.10. The molecule has 1 unspecified atom stereocenters. The van der Waals surface area contributed by atoms with Crippen LogP contribution < -0.4 is 0 Å². The lowest BCUT2D eigenvalue weighted by Gasteiger charge is -2.38. The van der Waals surface area contributed by atoms with Crippen molar-refractivity contribution in [3.8, 4) is 0 Å². The van der Waals surface area contributed by atoms with E-state index in [1.54, 1.807) is 0 Å². The highest BCUT2D eigenvalue weighted by Gasteiger charge is 2.40. The summed E-state index contributed by atoms with van der Waals surface area (Å²) >= 11 is 0. The standard InChI is InChI=1S/C13H23NO3/c1-3-12(15-8-1)4-7-14-6-2-5-13(11-14)16-9-10-17-13/h12H,1-11H2. The molecular weight excluding hydrogens is 218 g/mol. The Morgan fingerprint density at radius 3 is 2.76 bits per heavy atom. The third-order valence-electron chi connectivity index (χ3n) is 4.10. The van der Waals surface area contributed by atoms with Gasteiger partial charge in [-0.15, -0.1) is 0 Å². The molecule has 1 spiro atoms. The van der Waals surface area contributed by atoms with Crippen molar-refractivity contribution in [2.24, 2.45) is 0 Å². The first-order chi connectivity index (χ1) is 8.36. The van der Waals surface area contributed by atoms with Crippen molar-refractivity contribution in [3.63, 3.8) is 0 Å². The van der Waals surface area contributed by atoms with E-state index in [2.05, 4.69) is 4.90 Å². The van der Waals surface area contributed by atoms with Crippen molar-refractivity contribution in [1.29, 1.82) is 0 Å². The van der Waals surface area contributed by atoms with Crippen molar-refractivity contribution in [2.75, 3.05) is 39.5 Å². The summed E-state index contributed by atoms with van der Waals surface area (Å²) in [6, 6.07) is 0. The molecule has 3 heterocycles. The quantitative estimate of drug-likeness (QED) is 0.747. The summed E-state index contributed by atoms with van der Waals surface area (Å²) in [6.07, 6.45) is 6.39. The second-order valence-corrected chi connectivity index (χ2v) is 5.41. The summed E-state index contributed by atoms with van der Waals surface area (Å²) in [7, 11) is 0. The van der Waals surface area contributed by atoms with Crippen LogP contribution in [0, 0.1) is 0 Å². The van der Waals surface area contributed by atoms with E-state index in [4.69, 9.17) is 14.2 Å². The van der Waals surface area contributed by atoms with Crippen LogP contribution in [0.15, 0.2) is 0 Å². The maximum Gasteiger partial charge on any atom is 0.181 e. The zero-order chi connectivity index (χ0) is 11.6. The summed E-state index contributed by atoms with van der Waals surface area (Å²) in [5, 5.41) is 0. The molecule has 0 amide bonds. The average Bonchev–Trinajstić information content (AvgIpc) is 2.99. The Bertz CT molecular complexity index is 247. The van der Waals surface area contributed by atoms with Gasteiger partial charge in [0.15, 0.2) is 5.79 Å². The molecule has 4 heteroatoms. The first-order valence-corrected chi connectivity index (χ1v) is 6.98. The first kappa shape index (κ1) is 11.9. The van der Waals surface area contributed by atoms with Crippen molar-refractivity contribution in [3.05, 3.63) is 0 Å². The van der Waals surface area contributed by atoms with Gasteiger partial charge in [-0.05, 0) is 32.2 Å². The van der Waals surface area contributed by atoms with Gasteiger partial charge in [0.2, 0.25) is 0 Å². The van der Waals surface area contributed by atoms with Crippen LogP contribution in [-0.4, -0.2) is 56.2 Å². The fourth-order valence-corrected chi connectivity index (χ4v) is 3.19. The Balaban J connectivity index is 1.46. The van der Waals surface area contributed by atoms with Crippen molar-refractivity contribution < 1.29 is 14.2 Å². The van der Waals surface area contributed by atoms with E-state index in [0.717, 1.165) is 45.8 Å². The lowest BCUT2D eigenvalue weighted by molar-refractivity contribution is -0.189. The maximum absolute atomic E-state index is 5.79. The zero-order valence-electron chi connectivity index (χ0n) is 10.5. The number of hydrogen-bond donors (Lipinski definition) is 0. The van der Waals surface area contributed by atoms with Gasteiger partial charge in [-0.25, -0.2) is 0 Å². The number of likely N-dealkylation sites (tertiary alicyclic amines) is 1. The summed E-state index contributed by atoms with van der Waals surface area (Å²) in [6.45, 7) is 5.74. The van der Waals surface area contributed by atoms with Gasteiger partial charge in [0.25, 0.3) is 0 Å². The van der Waals surface area contributed by atoms with E-state index >= 15 is 0 Å². The molecule has 98 valence electrons. The molecule has 3 aliphatic rings. The van der Waals surface area contributed by atoms with Gasteiger partial charge in [-0.3, -0.25) is 4.90 Å². The first-order valence-electron chi connectivity index (χ1n) is 6.98. The number of ether oxygens (including phenoxy) is 3. The lowest BCUT2D eigenvalue weighted by atomic mass is 10.0. The zero-order valence-corrected chi connectivity index (χ0v) is 10.5. The number of rotatable bonds is 3. The van der Waals surface area contributed by atoms with E-state index in [0.29, 0.717) is 6.10 Å². The maximum atomic E-state index is 5.79. The molecule has 0 aromatic carbocycles. The minimum atomic E-state index is -0.269. The van der Waals surface area contributed by atoms with Gasteiger partial charge in [0, 0.05) is 19.6 Å². The second-order valence-electron chi connectivity index (χ2n) is 5.41. The normalized spacial score (nSPS) is 33.5. The summed E-state index contributed by atoms with van der Waals surface area (Å²) in [5.41, 5.74) is 0. The fourth-order valence-electron chi connectivity index (χ4n) is 3.19. The topological polar surface area (TPSA) is 30.9 Å². The van der Waals surface area contributed by atoms with Gasteiger partial charge in [-0.2, -0.15) is 0 Å². The van der Waals surface area contributed by atoms with E-state index in [1.165, 1.54) is 25.8 Å². The molecule has 0 saturated carbocycles. The van der Waals surface area contributed by atoms with E-state index in [9.17, 15) is 0 Å². The van der Waals surface area contributed by atoms with Crippen molar-refractivity contribution in [2.45, 2.75) is 44.0 Å². The van der Waals surface area contributed by atoms with E-state index in [-0.39, 0.29) is 5.79 Å². The molecule has 3 saturated heterocycles. The highest BCUT2D eigenvalue weighted by Crippen LogP contribution is 2.30. The van der Waals surface area contributed by atoms with Crippen molar-refractivity contribution >= 4 is 0 Å². The molecule has 3 fully saturated rings. The number of nitrogens with zero attached hydrogens (tertiary/aromatic N) is 1. The predicted octanol–water partition coefficient (Wildman–Crippen LogP) is 1.39. The molecule has 0 radical (unpaired) electrons. The monoisotopic (exact) mass is 241 g/mol. The summed E-state index contributed by atoms with van der Waals surface area (Å²) in [5.74, 6) is -0.269. The highest BCUT2D eigenvalue weighted by atomic mass is 16.7. The molecule has 17 heavy (non-hydrogen) atoms. The van der Waals surface area contributed by atoms with Crippen molar-refractivity contribution in [1.82, 2.24) is 4.90 Å². The van der Waals surface area contributed by atoms with Gasteiger partial charge in [0.05, 0.1) is 25.9 Å². The van der Waals surface area contributed by atoms with Crippen LogP contribution in [-0.2, 0) is 14.2 Å². The smallest absolute Gasteiger partial charge is 0.181 e. The molecule has 3 rings (SSSR count). The van der Waals surface area contributed by atoms with Crippen LogP contribution in [0.4, 0.5) is 0 Å². The van der Waals surface area contributed by atoms with Gasteiger partial charge in [-0.1, -0.05) is 0 Å².